The van der Waals surface area contributed by atoms with E-state index in [1.807, 2.05) is 0 Å². The topological polar surface area (TPSA) is 135 Å². The van der Waals surface area contributed by atoms with Crippen LogP contribution in [-0.2, 0) is 28.7 Å². The Balaban J connectivity index is 1.26. The summed E-state index contributed by atoms with van der Waals surface area (Å²) in [4.78, 5) is 59.7. The van der Waals surface area contributed by atoms with Crippen LogP contribution in [0.2, 0.25) is 0 Å². The highest BCUT2D eigenvalue weighted by Crippen LogP contribution is 2.20. The van der Waals surface area contributed by atoms with E-state index in [1.54, 1.807) is 48.5 Å². The summed E-state index contributed by atoms with van der Waals surface area (Å²) in [5, 5.41) is 0. The Kier molecular flexibility index (Phi) is 13.0. The van der Waals surface area contributed by atoms with E-state index in [1.165, 1.54) is 19.3 Å². The number of rotatable bonds is 18. The van der Waals surface area contributed by atoms with Crippen LogP contribution in [0.4, 0.5) is 0 Å². The number of esters is 3. The van der Waals surface area contributed by atoms with Gasteiger partial charge in [-0.05, 0) is 80.6 Å². The van der Waals surface area contributed by atoms with Crippen LogP contribution in [0, 0.1) is 0 Å². The number of hydrogen-bond acceptors (Lipinski definition) is 10. The van der Waals surface area contributed by atoms with Crippen molar-refractivity contribution >= 4 is 29.7 Å². The second-order valence-electron chi connectivity index (χ2n) is 9.50. The van der Waals surface area contributed by atoms with E-state index in [0.29, 0.717) is 48.9 Å². The first-order valence-corrected chi connectivity index (χ1v) is 13.9. The number of methoxy groups -OCH3 is 1. The maximum Gasteiger partial charge on any atom is 0.343 e. The van der Waals surface area contributed by atoms with Crippen LogP contribution < -0.4 is 14.2 Å². The first kappa shape index (κ1) is 32.6. The molecule has 0 bridgehead atoms. The average Bonchev–Trinajstić information content (AvgIpc) is 3.33. The lowest BCUT2D eigenvalue weighted by Crippen LogP contribution is -2.31. The maximum atomic E-state index is 12.5. The molecule has 0 unspecified atom stereocenters. The molecular formula is C32H35NO10. The number of nitrogens with zero attached hydrogens (tertiary/aromatic N) is 1. The molecule has 0 aliphatic carbocycles. The summed E-state index contributed by atoms with van der Waals surface area (Å²) in [6, 6.07) is 13.2. The smallest absolute Gasteiger partial charge is 0.343 e. The van der Waals surface area contributed by atoms with Crippen LogP contribution >= 0.6 is 0 Å². The number of imide groups is 1. The van der Waals surface area contributed by atoms with Gasteiger partial charge in [-0.25, -0.2) is 9.59 Å². The molecule has 2 aromatic rings. The van der Waals surface area contributed by atoms with Gasteiger partial charge < -0.3 is 23.7 Å². The molecule has 1 aliphatic heterocycles. The van der Waals surface area contributed by atoms with Gasteiger partial charge >= 0.3 is 17.9 Å². The Hall–Kier alpha value is -4.93. The predicted molar refractivity (Wildman–Crippen MR) is 155 cm³/mol. The highest BCUT2D eigenvalue weighted by Gasteiger charge is 2.22. The Bertz CT molecular complexity index is 1300. The molecule has 1 heterocycles. The highest BCUT2D eigenvalue weighted by atomic mass is 16.5. The number of carbonyl (C=O) groups is 5. The van der Waals surface area contributed by atoms with Gasteiger partial charge in [0.1, 0.15) is 17.2 Å². The Morgan fingerprint density at radius 2 is 1.26 bits per heavy atom. The Labute approximate surface area is 250 Å². The summed E-state index contributed by atoms with van der Waals surface area (Å²) >= 11 is 0. The van der Waals surface area contributed by atoms with Crippen molar-refractivity contribution in [3.05, 3.63) is 78.4 Å². The number of unbranched alkanes of at least 4 members (excludes halogenated alkanes) is 3. The van der Waals surface area contributed by atoms with Gasteiger partial charge in [0.05, 0.1) is 38.9 Å². The highest BCUT2D eigenvalue weighted by molar-refractivity contribution is 6.12. The zero-order valence-corrected chi connectivity index (χ0v) is 24.1. The van der Waals surface area contributed by atoms with Crippen LogP contribution in [0.15, 0.2) is 72.8 Å². The van der Waals surface area contributed by atoms with E-state index in [2.05, 4.69) is 11.3 Å². The van der Waals surface area contributed by atoms with Crippen molar-refractivity contribution < 1.29 is 47.7 Å². The van der Waals surface area contributed by atoms with E-state index in [0.717, 1.165) is 24.2 Å². The predicted octanol–water partition coefficient (Wildman–Crippen LogP) is 4.20. The maximum absolute atomic E-state index is 12.5. The van der Waals surface area contributed by atoms with Gasteiger partial charge in [-0.1, -0.05) is 6.58 Å². The second-order valence-corrected chi connectivity index (χ2v) is 9.50. The fourth-order valence-corrected chi connectivity index (χ4v) is 3.85. The van der Waals surface area contributed by atoms with Crippen molar-refractivity contribution in [3.8, 4) is 17.2 Å². The molecular weight excluding hydrogens is 558 g/mol. The normalized spacial score (nSPS) is 12.2. The Morgan fingerprint density at radius 1 is 0.721 bits per heavy atom. The molecule has 0 fully saturated rings. The minimum atomic E-state index is -0.593. The molecule has 0 saturated heterocycles. The number of hydrogen-bond donors (Lipinski definition) is 0. The monoisotopic (exact) mass is 593 g/mol. The van der Waals surface area contributed by atoms with Gasteiger partial charge in [0.2, 0.25) is 0 Å². The van der Waals surface area contributed by atoms with Crippen molar-refractivity contribution in [2.24, 2.45) is 0 Å². The zero-order valence-electron chi connectivity index (χ0n) is 24.1. The number of amides is 2. The first-order chi connectivity index (χ1) is 20.8. The van der Waals surface area contributed by atoms with Crippen LogP contribution in [0.1, 0.15) is 48.9 Å². The van der Waals surface area contributed by atoms with Gasteiger partial charge in [0, 0.05) is 24.3 Å². The van der Waals surface area contributed by atoms with E-state index in [9.17, 15) is 24.0 Å². The van der Waals surface area contributed by atoms with Crippen molar-refractivity contribution in [3.63, 3.8) is 0 Å². The molecule has 3 rings (SSSR count). The summed E-state index contributed by atoms with van der Waals surface area (Å²) in [6.07, 6.45) is 6.04. The lowest BCUT2D eigenvalue weighted by molar-refractivity contribution is -0.144. The fraction of sp³-hybridized carbons (Fsp3) is 0.344. The third kappa shape index (κ3) is 11.1. The molecule has 11 heteroatoms. The lowest BCUT2D eigenvalue weighted by atomic mass is 10.2. The van der Waals surface area contributed by atoms with E-state index in [4.69, 9.17) is 18.9 Å². The van der Waals surface area contributed by atoms with Gasteiger partial charge in [-0.15, -0.1) is 0 Å². The molecule has 0 saturated carbocycles. The van der Waals surface area contributed by atoms with Crippen molar-refractivity contribution in [1.29, 1.82) is 0 Å². The van der Waals surface area contributed by atoms with Crippen LogP contribution in [0.5, 0.6) is 17.2 Å². The molecule has 0 aromatic heterocycles. The van der Waals surface area contributed by atoms with Crippen molar-refractivity contribution in [2.75, 3.05) is 33.5 Å². The summed E-state index contributed by atoms with van der Waals surface area (Å²) < 4.78 is 26.4. The van der Waals surface area contributed by atoms with Crippen molar-refractivity contribution in [2.45, 2.75) is 38.5 Å². The standard InChI is InChI=1S/C32H35NO10/c1-23(22-30(36)39-2)31(37)42-20-6-4-3-5-19-40-26-12-14-27(15-13-26)43-32(38)24-8-10-25(11-9-24)41-21-7-18-33-28(34)16-17-29(33)35/h8-17H,1,3-7,18-22H2,2H3. The molecule has 2 amide bonds. The van der Waals surface area contributed by atoms with Gasteiger partial charge in [0.15, 0.2) is 0 Å². The fourth-order valence-electron chi connectivity index (χ4n) is 3.85. The van der Waals surface area contributed by atoms with E-state index >= 15 is 0 Å². The zero-order chi connectivity index (χ0) is 31.0. The average molecular weight is 594 g/mol. The van der Waals surface area contributed by atoms with Crippen LogP contribution in [-0.4, -0.2) is 68.1 Å². The minimum Gasteiger partial charge on any atom is -0.494 e. The summed E-state index contributed by atoms with van der Waals surface area (Å²) in [6.45, 7) is 4.88. The molecule has 0 radical (unpaired) electrons. The van der Waals surface area contributed by atoms with Gasteiger partial charge in [-0.3, -0.25) is 19.3 Å². The molecule has 43 heavy (non-hydrogen) atoms. The summed E-state index contributed by atoms with van der Waals surface area (Å²) in [5.74, 6) is -0.705. The first-order valence-electron chi connectivity index (χ1n) is 13.9. The third-order valence-corrected chi connectivity index (χ3v) is 6.23. The molecule has 228 valence electrons. The van der Waals surface area contributed by atoms with Gasteiger partial charge in [0.25, 0.3) is 11.8 Å². The quantitative estimate of drug-likeness (QED) is 0.0814. The summed E-state index contributed by atoms with van der Waals surface area (Å²) in [7, 11) is 1.24. The number of ether oxygens (including phenoxy) is 5. The van der Waals surface area contributed by atoms with E-state index < -0.39 is 17.9 Å². The molecule has 0 N–H and O–H groups in total. The molecule has 2 aromatic carbocycles. The number of carbonyl (C=O) groups excluding carboxylic acids is 5. The molecule has 1 aliphatic rings. The van der Waals surface area contributed by atoms with E-state index in [-0.39, 0.29) is 37.0 Å². The second kappa shape index (κ2) is 17.1. The molecule has 0 spiro atoms. The largest absolute Gasteiger partial charge is 0.494 e. The lowest BCUT2D eigenvalue weighted by Gasteiger charge is -2.13. The third-order valence-electron chi connectivity index (χ3n) is 6.23. The minimum absolute atomic E-state index is 0.0705. The molecule has 0 atom stereocenters. The molecule has 11 nitrogen and oxygen atoms in total. The van der Waals surface area contributed by atoms with Gasteiger partial charge in [-0.2, -0.15) is 0 Å². The van der Waals surface area contributed by atoms with Crippen LogP contribution in [0.3, 0.4) is 0 Å². The van der Waals surface area contributed by atoms with Crippen LogP contribution in [0.25, 0.3) is 0 Å². The van der Waals surface area contributed by atoms with Crippen molar-refractivity contribution in [1.82, 2.24) is 4.90 Å². The number of benzene rings is 2. The summed E-state index contributed by atoms with van der Waals surface area (Å²) in [5.41, 5.74) is 0.425. The Morgan fingerprint density at radius 3 is 1.86 bits per heavy atom. The SMILES string of the molecule is C=C(CC(=O)OC)C(=O)OCCCCCCOc1ccc(OC(=O)c2ccc(OCCCN3C(=O)C=CC3=O)cc2)cc1.